The van der Waals surface area contributed by atoms with Gasteiger partial charge in [-0.25, -0.2) is 0 Å². The first-order valence-corrected chi connectivity index (χ1v) is 7.83. The smallest absolute Gasteiger partial charge is 0.0850 e. The molecule has 0 amide bonds. The maximum Gasteiger partial charge on any atom is 0.0850 e. The number of aryl methyl sites for hydroxylation is 2. The summed E-state index contributed by atoms with van der Waals surface area (Å²) in [6.45, 7) is 4.48. The zero-order chi connectivity index (χ0) is 14.0. The van der Waals surface area contributed by atoms with Gasteiger partial charge in [-0.3, -0.25) is 4.68 Å². The summed E-state index contributed by atoms with van der Waals surface area (Å²) in [7, 11) is 4.08. The highest BCUT2D eigenvalue weighted by Gasteiger charge is 2.31. The third-order valence-corrected chi connectivity index (χ3v) is 5.17. The molecule has 0 spiro atoms. The van der Waals surface area contributed by atoms with E-state index in [2.05, 4.69) is 31.3 Å². The molecule has 3 atom stereocenters. The number of aromatic nitrogens is 2. The van der Waals surface area contributed by atoms with E-state index in [0.29, 0.717) is 6.04 Å². The van der Waals surface area contributed by atoms with Gasteiger partial charge in [-0.1, -0.05) is 38.3 Å². The predicted molar refractivity (Wildman–Crippen MR) is 80.7 cm³/mol. The van der Waals surface area contributed by atoms with Crippen LogP contribution in [-0.4, -0.2) is 22.9 Å². The largest absolute Gasteiger partial charge is 0.316 e. The van der Waals surface area contributed by atoms with E-state index in [1.165, 1.54) is 25.0 Å². The van der Waals surface area contributed by atoms with Crippen molar-refractivity contribution in [3.8, 4) is 0 Å². The maximum absolute atomic E-state index is 6.46. The Balaban J connectivity index is 2.16. The van der Waals surface area contributed by atoms with Crippen molar-refractivity contribution in [2.45, 2.75) is 52.0 Å². The van der Waals surface area contributed by atoms with Crippen LogP contribution >= 0.6 is 11.6 Å². The maximum atomic E-state index is 6.46. The SMILES string of the molecule is CCc1nn(C)c(CC(NC)C2CCCC2C)c1Cl. The van der Waals surface area contributed by atoms with Gasteiger partial charge in [0.2, 0.25) is 0 Å². The minimum absolute atomic E-state index is 0.509. The van der Waals surface area contributed by atoms with Gasteiger partial charge < -0.3 is 5.32 Å². The summed E-state index contributed by atoms with van der Waals surface area (Å²) in [5.74, 6) is 1.58. The molecule has 1 aliphatic carbocycles. The van der Waals surface area contributed by atoms with Crippen LogP contribution in [0, 0.1) is 11.8 Å². The molecular weight excluding hydrogens is 258 g/mol. The molecule has 1 fully saturated rings. The number of nitrogens with one attached hydrogen (secondary N) is 1. The Morgan fingerprint density at radius 2 is 2.21 bits per heavy atom. The van der Waals surface area contributed by atoms with Crippen molar-refractivity contribution in [3.63, 3.8) is 0 Å². The van der Waals surface area contributed by atoms with Crippen molar-refractivity contribution in [3.05, 3.63) is 16.4 Å². The Morgan fingerprint density at radius 1 is 1.47 bits per heavy atom. The molecule has 2 rings (SSSR count). The van der Waals surface area contributed by atoms with Gasteiger partial charge in [0.1, 0.15) is 0 Å². The van der Waals surface area contributed by atoms with E-state index in [1.54, 1.807) is 0 Å². The molecule has 108 valence electrons. The van der Waals surface area contributed by atoms with Crippen LogP contribution in [0.25, 0.3) is 0 Å². The quantitative estimate of drug-likeness (QED) is 0.899. The Kier molecular flexibility index (Phi) is 4.91. The average molecular weight is 284 g/mol. The second-order valence-electron chi connectivity index (χ2n) is 5.86. The fraction of sp³-hybridized carbons (Fsp3) is 0.800. The van der Waals surface area contributed by atoms with Gasteiger partial charge in [-0.2, -0.15) is 5.10 Å². The van der Waals surface area contributed by atoms with Crippen LogP contribution in [0.15, 0.2) is 0 Å². The molecule has 1 N–H and O–H groups in total. The van der Waals surface area contributed by atoms with E-state index in [-0.39, 0.29) is 0 Å². The zero-order valence-electron chi connectivity index (χ0n) is 12.5. The molecule has 1 heterocycles. The number of halogens is 1. The van der Waals surface area contributed by atoms with Gasteiger partial charge >= 0.3 is 0 Å². The normalized spacial score (nSPS) is 24.9. The van der Waals surface area contributed by atoms with Crippen molar-refractivity contribution < 1.29 is 0 Å². The van der Waals surface area contributed by atoms with E-state index in [9.17, 15) is 0 Å². The molecule has 3 unspecified atom stereocenters. The van der Waals surface area contributed by atoms with Crippen LogP contribution < -0.4 is 5.32 Å². The number of likely N-dealkylation sites (N-methyl/N-ethyl adjacent to an activating group) is 1. The van der Waals surface area contributed by atoms with Gasteiger partial charge in [-0.15, -0.1) is 0 Å². The molecule has 3 nitrogen and oxygen atoms in total. The highest BCUT2D eigenvalue weighted by molar-refractivity contribution is 6.31. The molecule has 4 heteroatoms. The van der Waals surface area contributed by atoms with Gasteiger partial charge in [0.05, 0.1) is 16.4 Å². The third-order valence-electron chi connectivity index (χ3n) is 4.73. The molecule has 1 saturated carbocycles. The monoisotopic (exact) mass is 283 g/mol. The molecular formula is C15H26ClN3. The van der Waals surface area contributed by atoms with E-state index < -0.39 is 0 Å². The van der Waals surface area contributed by atoms with Crippen molar-refractivity contribution in [2.24, 2.45) is 18.9 Å². The molecule has 1 aromatic heterocycles. The molecule has 1 aromatic rings. The zero-order valence-corrected chi connectivity index (χ0v) is 13.3. The van der Waals surface area contributed by atoms with E-state index in [1.807, 2.05) is 11.7 Å². The lowest BCUT2D eigenvalue weighted by Gasteiger charge is -2.26. The molecule has 1 aliphatic rings. The summed E-state index contributed by atoms with van der Waals surface area (Å²) in [5.41, 5.74) is 2.20. The highest BCUT2D eigenvalue weighted by atomic mass is 35.5. The van der Waals surface area contributed by atoms with E-state index in [0.717, 1.165) is 35.4 Å². The van der Waals surface area contributed by atoms with Crippen LogP contribution in [-0.2, 0) is 19.9 Å². The first kappa shape index (κ1) is 14.9. The van der Waals surface area contributed by atoms with Crippen LogP contribution in [0.4, 0.5) is 0 Å². The number of hydrogen-bond acceptors (Lipinski definition) is 2. The van der Waals surface area contributed by atoms with Gasteiger partial charge in [0.25, 0.3) is 0 Å². The lowest BCUT2D eigenvalue weighted by Crippen LogP contribution is -2.37. The van der Waals surface area contributed by atoms with Crippen LogP contribution in [0.2, 0.25) is 5.02 Å². The summed E-state index contributed by atoms with van der Waals surface area (Å²) in [4.78, 5) is 0. The van der Waals surface area contributed by atoms with E-state index in [4.69, 9.17) is 11.6 Å². The third kappa shape index (κ3) is 2.97. The number of nitrogens with zero attached hydrogens (tertiary/aromatic N) is 2. The molecule has 0 saturated heterocycles. The highest BCUT2D eigenvalue weighted by Crippen LogP contribution is 2.35. The minimum Gasteiger partial charge on any atom is -0.316 e. The van der Waals surface area contributed by atoms with Crippen LogP contribution in [0.5, 0.6) is 0 Å². The number of hydrogen-bond donors (Lipinski definition) is 1. The van der Waals surface area contributed by atoms with Gasteiger partial charge in [0.15, 0.2) is 0 Å². The topological polar surface area (TPSA) is 29.9 Å². The van der Waals surface area contributed by atoms with Crippen molar-refractivity contribution in [1.82, 2.24) is 15.1 Å². The van der Waals surface area contributed by atoms with Gasteiger partial charge in [-0.05, 0) is 31.7 Å². The fourth-order valence-electron chi connectivity index (χ4n) is 3.49. The summed E-state index contributed by atoms with van der Waals surface area (Å²) in [6.07, 6.45) is 5.94. The Hall–Kier alpha value is -0.540. The standard InChI is InChI=1S/C15H26ClN3/c1-5-12-15(16)14(19(4)18-12)9-13(17-3)11-8-6-7-10(11)2/h10-11,13,17H,5-9H2,1-4H3. The summed E-state index contributed by atoms with van der Waals surface area (Å²) >= 11 is 6.46. The lowest BCUT2D eigenvalue weighted by molar-refractivity contribution is 0.304. The lowest BCUT2D eigenvalue weighted by atomic mass is 9.87. The van der Waals surface area contributed by atoms with E-state index >= 15 is 0 Å². The summed E-state index contributed by atoms with van der Waals surface area (Å²) in [5, 5.41) is 8.89. The van der Waals surface area contributed by atoms with Gasteiger partial charge in [0, 0.05) is 19.5 Å². The second-order valence-corrected chi connectivity index (χ2v) is 6.23. The molecule has 0 radical (unpaired) electrons. The first-order chi connectivity index (χ1) is 9.08. The van der Waals surface area contributed by atoms with Crippen molar-refractivity contribution in [1.29, 1.82) is 0 Å². The summed E-state index contributed by atoms with van der Waals surface area (Å²) in [6, 6.07) is 0.509. The average Bonchev–Trinajstić information content (AvgIpc) is 2.93. The molecule has 0 aliphatic heterocycles. The summed E-state index contributed by atoms with van der Waals surface area (Å²) < 4.78 is 1.96. The minimum atomic E-state index is 0.509. The molecule has 0 aromatic carbocycles. The van der Waals surface area contributed by atoms with Crippen LogP contribution in [0.1, 0.15) is 44.5 Å². The first-order valence-electron chi connectivity index (χ1n) is 7.46. The second kappa shape index (κ2) is 6.27. The Labute approximate surface area is 121 Å². The van der Waals surface area contributed by atoms with Crippen molar-refractivity contribution >= 4 is 11.6 Å². The fourth-order valence-corrected chi connectivity index (χ4v) is 3.86. The molecule has 19 heavy (non-hydrogen) atoms. The molecule has 0 bridgehead atoms. The van der Waals surface area contributed by atoms with Crippen LogP contribution in [0.3, 0.4) is 0 Å². The number of rotatable bonds is 5. The predicted octanol–water partition coefficient (Wildman–Crippen LogP) is 3.20. The van der Waals surface area contributed by atoms with Crippen molar-refractivity contribution in [2.75, 3.05) is 7.05 Å². The Bertz CT molecular complexity index is 427. The Morgan fingerprint density at radius 3 is 2.68 bits per heavy atom.